The van der Waals surface area contributed by atoms with E-state index in [4.69, 9.17) is 0 Å². The lowest BCUT2D eigenvalue weighted by Crippen LogP contribution is -2.32. The molecule has 1 aromatic heterocycles. The van der Waals surface area contributed by atoms with E-state index in [-0.39, 0.29) is 0 Å². The minimum Gasteiger partial charge on any atom is -0.194 e. The molecule has 122 valence electrons. The maximum Gasteiger partial charge on any atom is 0.213 e. The number of aryl methyl sites for hydroxylation is 2. The Kier molecular flexibility index (Phi) is 4.10. The van der Waals surface area contributed by atoms with Gasteiger partial charge in [0.25, 0.3) is 0 Å². The van der Waals surface area contributed by atoms with Crippen molar-refractivity contribution in [3.63, 3.8) is 0 Å². The summed E-state index contributed by atoms with van der Waals surface area (Å²) >= 11 is 0. The number of benzene rings is 2. The van der Waals surface area contributed by atoms with E-state index in [1.807, 2.05) is 0 Å². The second-order valence-electron chi connectivity index (χ2n) is 7.34. The molecule has 1 nitrogen and oxygen atoms in total. The number of fused-ring (bicyclic) bond motifs is 1. The lowest BCUT2D eigenvalue weighted by Gasteiger charge is -2.10. The number of aromatic nitrogens is 1. The molecule has 0 aliphatic heterocycles. The molecule has 1 heterocycles. The van der Waals surface area contributed by atoms with E-state index in [9.17, 15) is 0 Å². The van der Waals surface area contributed by atoms with Gasteiger partial charge in [-0.3, -0.25) is 0 Å². The van der Waals surface area contributed by atoms with Crippen molar-refractivity contribution in [2.24, 2.45) is 13.0 Å². The van der Waals surface area contributed by atoms with Gasteiger partial charge >= 0.3 is 0 Å². The highest BCUT2D eigenvalue weighted by Gasteiger charge is 2.18. The van der Waals surface area contributed by atoms with Gasteiger partial charge in [0.2, 0.25) is 11.2 Å². The molecule has 0 atom stereocenters. The predicted molar refractivity (Wildman–Crippen MR) is 101 cm³/mol. The van der Waals surface area contributed by atoms with Gasteiger partial charge in [-0.25, -0.2) is 0 Å². The van der Waals surface area contributed by atoms with Gasteiger partial charge in [-0.15, -0.1) is 0 Å². The summed E-state index contributed by atoms with van der Waals surface area (Å²) in [5.74, 6) is 0.905. The Morgan fingerprint density at radius 1 is 0.958 bits per heavy atom. The summed E-state index contributed by atoms with van der Waals surface area (Å²) < 4.78 is 2.33. The Morgan fingerprint density at radius 3 is 2.54 bits per heavy atom. The van der Waals surface area contributed by atoms with E-state index in [0.717, 1.165) is 5.92 Å². The van der Waals surface area contributed by atoms with Gasteiger partial charge in [0.05, 0.1) is 0 Å². The fourth-order valence-electron chi connectivity index (χ4n) is 4.26. The van der Waals surface area contributed by atoms with Crippen LogP contribution in [0.25, 0.3) is 22.2 Å². The number of nitrogens with zero attached hydrogens (tertiary/aromatic N) is 1. The monoisotopic (exact) mass is 316 g/mol. The minimum absolute atomic E-state index is 0.905. The van der Waals surface area contributed by atoms with E-state index in [1.54, 1.807) is 0 Å². The topological polar surface area (TPSA) is 3.88 Å². The molecule has 1 fully saturated rings. The van der Waals surface area contributed by atoms with Crippen molar-refractivity contribution in [3.8, 4) is 11.3 Å². The highest BCUT2D eigenvalue weighted by Crippen LogP contribution is 2.29. The van der Waals surface area contributed by atoms with Gasteiger partial charge < -0.3 is 0 Å². The van der Waals surface area contributed by atoms with Crippen LogP contribution in [0, 0.1) is 12.8 Å². The molecule has 1 saturated carbocycles. The molecule has 3 aromatic rings. The van der Waals surface area contributed by atoms with Gasteiger partial charge in [-0.1, -0.05) is 49.9 Å². The van der Waals surface area contributed by atoms with Crippen molar-refractivity contribution in [1.29, 1.82) is 0 Å². The molecule has 2 aromatic carbocycles. The summed E-state index contributed by atoms with van der Waals surface area (Å²) in [4.78, 5) is 0. The summed E-state index contributed by atoms with van der Waals surface area (Å²) in [5.41, 5.74) is 6.73. The molecular formula is C23H26N+. The van der Waals surface area contributed by atoms with Crippen molar-refractivity contribution in [2.75, 3.05) is 0 Å². The molecular weight excluding hydrogens is 290 g/mol. The summed E-state index contributed by atoms with van der Waals surface area (Å²) in [6.45, 7) is 2.18. The van der Waals surface area contributed by atoms with Gasteiger partial charge in [-0.05, 0) is 48.6 Å². The molecule has 24 heavy (non-hydrogen) atoms. The van der Waals surface area contributed by atoms with Crippen LogP contribution >= 0.6 is 0 Å². The number of hydrogen-bond acceptors (Lipinski definition) is 0. The van der Waals surface area contributed by atoms with Gasteiger partial charge in [-0.2, -0.15) is 4.57 Å². The van der Waals surface area contributed by atoms with Crippen LogP contribution in [0.15, 0.2) is 54.6 Å². The molecule has 1 aliphatic carbocycles. The number of hydrogen-bond donors (Lipinski definition) is 0. The third kappa shape index (κ3) is 2.84. The van der Waals surface area contributed by atoms with E-state index in [2.05, 4.69) is 73.1 Å². The van der Waals surface area contributed by atoms with Crippen LogP contribution in [0.2, 0.25) is 0 Å². The second-order valence-corrected chi connectivity index (χ2v) is 7.34. The van der Waals surface area contributed by atoms with Crippen molar-refractivity contribution in [1.82, 2.24) is 0 Å². The number of rotatable bonds is 3. The van der Waals surface area contributed by atoms with Crippen molar-refractivity contribution in [2.45, 2.75) is 39.0 Å². The molecule has 0 N–H and O–H groups in total. The highest BCUT2D eigenvalue weighted by atomic mass is 14.9. The quantitative estimate of drug-likeness (QED) is 0.572. The summed E-state index contributed by atoms with van der Waals surface area (Å²) in [5, 5.41) is 1.35. The van der Waals surface area contributed by atoms with E-state index < -0.39 is 0 Å². The zero-order chi connectivity index (χ0) is 16.5. The Balaban J connectivity index is 1.73. The van der Waals surface area contributed by atoms with Crippen LogP contribution in [0.5, 0.6) is 0 Å². The van der Waals surface area contributed by atoms with Gasteiger partial charge in [0.15, 0.2) is 0 Å². The Labute approximate surface area is 145 Å². The SMILES string of the molecule is Cc1ccccc1-c1ccc2cc(CC3CCCC3)ccc2[n+]1C. The largest absolute Gasteiger partial charge is 0.213 e. The molecule has 0 bridgehead atoms. The first kappa shape index (κ1) is 15.4. The molecule has 1 aliphatic rings. The number of pyridine rings is 1. The van der Waals surface area contributed by atoms with Crippen molar-refractivity contribution >= 4 is 10.9 Å². The van der Waals surface area contributed by atoms with Gasteiger partial charge in [0, 0.05) is 23.1 Å². The maximum atomic E-state index is 2.40. The predicted octanol–water partition coefficient (Wildman–Crippen LogP) is 5.37. The average molecular weight is 316 g/mol. The van der Waals surface area contributed by atoms with E-state index in [1.165, 1.54) is 65.4 Å². The summed E-state index contributed by atoms with van der Waals surface area (Å²) in [7, 11) is 2.18. The fraction of sp³-hybridized carbons (Fsp3) is 0.348. The van der Waals surface area contributed by atoms with Crippen LogP contribution in [0.1, 0.15) is 36.8 Å². The first-order valence-electron chi connectivity index (χ1n) is 9.20. The Bertz CT molecular complexity index is 872. The zero-order valence-electron chi connectivity index (χ0n) is 14.8. The lowest BCUT2D eigenvalue weighted by atomic mass is 9.96. The minimum atomic E-state index is 0.905. The van der Waals surface area contributed by atoms with Crippen LogP contribution in [-0.2, 0) is 13.5 Å². The smallest absolute Gasteiger partial charge is 0.194 e. The standard InChI is InChI=1S/C23H26N/c1-17-7-3-6-10-21(17)23-14-12-20-16-19(11-13-22(20)24(23)2)15-18-8-4-5-9-18/h3,6-7,10-14,16,18H,4-5,8-9,15H2,1-2H3/q+1. The maximum absolute atomic E-state index is 2.40. The summed E-state index contributed by atoms with van der Waals surface area (Å²) in [6.07, 6.45) is 6.93. The molecule has 0 amide bonds. The van der Waals surface area contributed by atoms with Crippen LogP contribution in [0.4, 0.5) is 0 Å². The van der Waals surface area contributed by atoms with Crippen LogP contribution in [-0.4, -0.2) is 0 Å². The molecule has 0 radical (unpaired) electrons. The van der Waals surface area contributed by atoms with Crippen molar-refractivity contribution < 1.29 is 4.57 Å². The Hall–Kier alpha value is -2.15. The highest BCUT2D eigenvalue weighted by molar-refractivity contribution is 5.78. The van der Waals surface area contributed by atoms with Crippen molar-refractivity contribution in [3.05, 3.63) is 65.7 Å². The molecule has 4 rings (SSSR count). The third-order valence-electron chi connectivity index (χ3n) is 5.66. The average Bonchev–Trinajstić information content (AvgIpc) is 3.09. The normalized spacial score (nSPS) is 15.2. The van der Waals surface area contributed by atoms with E-state index in [0.29, 0.717) is 0 Å². The Morgan fingerprint density at radius 2 is 1.75 bits per heavy atom. The molecule has 0 saturated heterocycles. The first-order chi connectivity index (χ1) is 11.7. The third-order valence-corrected chi connectivity index (χ3v) is 5.66. The first-order valence-corrected chi connectivity index (χ1v) is 9.20. The molecule has 0 unspecified atom stereocenters. The summed E-state index contributed by atoms with van der Waals surface area (Å²) in [6, 6.07) is 20.2. The van der Waals surface area contributed by atoms with Crippen LogP contribution < -0.4 is 4.57 Å². The van der Waals surface area contributed by atoms with E-state index >= 15 is 0 Å². The molecule has 1 heteroatoms. The van der Waals surface area contributed by atoms with Gasteiger partial charge in [0.1, 0.15) is 7.05 Å². The second kappa shape index (κ2) is 6.39. The molecule has 0 spiro atoms. The van der Waals surface area contributed by atoms with Crippen LogP contribution in [0.3, 0.4) is 0 Å². The lowest BCUT2D eigenvalue weighted by molar-refractivity contribution is -0.633. The zero-order valence-corrected chi connectivity index (χ0v) is 14.8. The fourth-order valence-corrected chi connectivity index (χ4v) is 4.26.